The lowest BCUT2D eigenvalue weighted by molar-refractivity contribution is 0.0297. The van der Waals surface area contributed by atoms with Gasteiger partial charge in [0.05, 0.1) is 18.9 Å². The fourth-order valence-corrected chi connectivity index (χ4v) is 5.26. The molecule has 162 valence electrons. The van der Waals surface area contributed by atoms with Crippen molar-refractivity contribution in [2.45, 2.75) is 45.2 Å². The number of carbonyl (C=O) groups excluding carboxylic acids is 1. The molecule has 0 unspecified atom stereocenters. The number of piperazine rings is 1. The number of pyridine rings is 1. The molecule has 2 saturated heterocycles. The Morgan fingerprint density at radius 2 is 1.83 bits per heavy atom. The summed E-state index contributed by atoms with van der Waals surface area (Å²) in [4.78, 5) is 25.2. The first-order valence-electron chi connectivity index (χ1n) is 11.5. The largest absolute Gasteiger partial charge is 0.378 e. The first-order valence-corrected chi connectivity index (χ1v) is 11.5. The van der Waals surface area contributed by atoms with E-state index in [4.69, 9.17) is 9.72 Å². The van der Waals surface area contributed by atoms with Gasteiger partial charge in [-0.15, -0.1) is 0 Å². The van der Waals surface area contributed by atoms with Crippen molar-refractivity contribution in [2.75, 3.05) is 52.5 Å². The molecule has 0 spiro atoms. The molecule has 30 heavy (non-hydrogen) atoms. The van der Waals surface area contributed by atoms with Crippen LogP contribution in [-0.4, -0.2) is 88.5 Å². The van der Waals surface area contributed by atoms with Crippen LogP contribution in [0.5, 0.6) is 0 Å². The van der Waals surface area contributed by atoms with Crippen LogP contribution >= 0.6 is 0 Å². The van der Waals surface area contributed by atoms with E-state index in [1.165, 1.54) is 25.7 Å². The number of morpholine rings is 1. The SMILES string of the molecule is Cc1cccn2c(CN3CCN(C4CCCC4)CC3)c(C(=O)N3CCOCC3)nc12. The molecule has 1 saturated carbocycles. The molecule has 0 aromatic carbocycles. The van der Waals surface area contributed by atoms with Gasteiger partial charge in [0, 0.05) is 58.1 Å². The van der Waals surface area contributed by atoms with E-state index in [-0.39, 0.29) is 5.91 Å². The van der Waals surface area contributed by atoms with E-state index < -0.39 is 0 Å². The van der Waals surface area contributed by atoms with Crippen molar-refractivity contribution in [3.63, 3.8) is 0 Å². The number of rotatable bonds is 4. The maximum atomic E-state index is 13.3. The Morgan fingerprint density at radius 3 is 2.57 bits per heavy atom. The summed E-state index contributed by atoms with van der Waals surface area (Å²) in [6.07, 6.45) is 7.56. The molecule has 7 heteroatoms. The molecule has 1 amide bonds. The van der Waals surface area contributed by atoms with Crippen molar-refractivity contribution in [1.29, 1.82) is 0 Å². The zero-order valence-corrected chi connectivity index (χ0v) is 18.1. The maximum absolute atomic E-state index is 13.3. The molecule has 0 N–H and O–H groups in total. The molecule has 4 heterocycles. The number of nitrogens with zero attached hydrogens (tertiary/aromatic N) is 5. The van der Waals surface area contributed by atoms with E-state index in [0.29, 0.717) is 32.0 Å². The van der Waals surface area contributed by atoms with Crippen molar-refractivity contribution in [2.24, 2.45) is 0 Å². The summed E-state index contributed by atoms with van der Waals surface area (Å²) < 4.78 is 7.57. The van der Waals surface area contributed by atoms with Crippen LogP contribution in [0.3, 0.4) is 0 Å². The molecule has 2 aromatic rings. The highest BCUT2D eigenvalue weighted by Crippen LogP contribution is 2.25. The van der Waals surface area contributed by atoms with Gasteiger partial charge < -0.3 is 14.0 Å². The van der Waals surface area contributed by atoms with E-state index in [2.05, 4.69) is 39.5 Å². The third kappa shape index (κ3) is 3.86. The molecule has 3 fully saturated rings. The van der Waals surface area contributed by atoms with Crippen LogP contribution in [0.1, 0.15) is 47.4 Å². The number of fused-ring (bicyclic) bond motifs is 1. The van der Waals surface area contributed by atoms with Gasteiger partial charge in [-0.3, -0.25) is 14.6 Å². The number of aryl methyl sites for hydroxylation is 1. The zero-order valence-electron chi connectivity index (χ0n) is 18.1. The summed E-state index contributed by atoms with van der Waals surface area (Å²) in [6, 6.07) is 4.91. The van der Waals surface area contributed by atoms with Crippen molar-refractivity contribution in [1.82, 2.24) is 24.1 Å². The van der Waals surface area contributed by atoms with Crippen LogP contribution in [0.2, 0.25) is 0 Å². The van der Waals surface area contributed by atoms with Crippen molar-refractivity contribution in [3.8, 4) is 0 Å². The van der Waals surface area contributed by atoms with E-state index in [0.717, 1.165) is 55.7 Å². The van der Waals surface area contributed by atoms with Crippen LogP contribution in [0.25, 0.3) is 5.65 Å². The Hall–Kier alpha value is -1.96. The minimum atomic E-state index is 0.0426. The van der Waals surface area contributed by atoms with Gasteiger partial charge in [0.1, 0.15) is 5.65 Å². The summed E-state index contributed by atoms with van der Waals surface area (Å²) in [7, 11) is 0. The van der Waals surface area contributed by atoms with Gasteiger partial charge in [0.2, 0.25) is 0 Å². The fourth-order valence-electron chi connectivity index (χ4n) is 5.26. The number of hydrogen-bond acceptors (Lipinski definition) is 5. The van der Waals surface area contributed by atoms with E-state index in [1.54, 1.807) is 0 Å². The van der Waals surface area contributed by atoms with Gasteiger partial charge >= 0.3 is 0 Å². The number of carbonyl (C=O) groups is 1. The molecular weight excluding hydrogens is 378 g/mol. The van der Waals surface area contributed by atoms with E-state index >= 15 is 0 Å². The normalized spacial score (nSPS) is 22.2. The molecule has 5 rings (SSSR count). The molecule has 0 atom stereocenters. The second kappa shape index (κ2) is 8.65. The highest BCUT2D eigenvalue weighted by Gasteiger charge is 2.29. The summed E-state index contributed by atoms with van der Waals surface area (Å²) in [6.45, 7) is 9.72. The van der Waals surface area contributed by atoms with Crippen molar-refractivity contribution < 1.29 is 9.53 Å². The molecule has 2 aromatic heterocycles. The van der Waals surface area contributed by atoms with Gasteiger partial charge in [-0.05, 0) is 31.4 Å². The smallest absolute Gasteiger partial charge is 0.274 e. The Labute approximate surface area is 178 Å². The maximum Gasteiger partial charge on any atom is 0.274 e. The Bertz CT molecular complexity index is 890. The van der Waals surface area contributed by atoms with Crippen LogP contribution in [0.15, 0.2) is 18.3 Å². The number of imidazole rings is 1. The van der Waals surface area contributed by atoms with Crippen LogP contribution < -0.4 is 0 Å². The Kier molecular flexibility index (Phi) is 5.76. The van der Waals surface area contributed by atoms with Crippen LogP contribution in [0, 0.1) is 6.92 Å². The lowest BCUT2D eigenvalue weighted by atomic mass is 10.1. The van der Waals surface area contributed by atoms with Gasteiger partial charge in [0.25, 0.3) is 5.91 Å². The third-order valence-corrected chi connectivity index (χ3v) is 7.07. The fraction of sp³-hybridized carbons (Fsp3) is 0.652. The molecule has 2 aliphatic heterocycles. The number of ether oxygens (including phenoxy) is 1. The zero-order chi connectivity index (χ0) is 20.5. The lowest BCUT2D eigenvalue weighted by Crippen LogP contribution is -2.49. The highest BCUT2D eigenvalue weighted by atomic mass is 16.5. The van der Waals surface area contributed by atoms with E-state index in [9.17, 15) is 4.79 Å². The molecule has 1 aliphatic carbocycles. The predicted molar refractivity (Wildman–Crippen MR) is 116 cm³/mol. The minimum Gasteiger partial charge on any atom is -0.378 e. The van der Waals surface area contributed by atoms with Crippen LogP contribution in [-0.2, 0) is 11.3 Å². The van der Waals surface area contributed by atoms with Gasteiger partial charge in [-0.25, -0.2) is 4.98 Å². The second-order valence-corrected chi connectivity index (χ2v) is 8.95. The first-order chi connectivity index (χ1) is 14.7. The summed E-state index contributed by atoms with van der Waals surface area (Å²) in [5.74, 6) is 0.0426. The highest BCUT2D eigenvalue weighted by molar-refractivity contribution is 5.94. The number of hydrogen-bond donors (Lipinski definition) is 0. The topological polar surface area (TPSA) is 53.3 Å². The molecule has 0 bridgehead atoms. The molecular formula is C23H33N5O2. The summed E-state index contributed by atoms with van der Waals surface area (Å²) in [5.41, 5.74) is 3.64. The van der Waals surface area contributed by atoms with E-state index in [1.807, 2.05) is 4.90 Å². The monoisotopic (exact) mass is 411 g/mol. The molecule has 3 aliphatic rings. The predicted octanol–water partition coefficient (Wildman–Crippen LogP) is 2.18. The average molecular weight is 412 g/mol. The number of aromatic nitrogens is 2. The quantitative estimate of drug-likeness (QED) is 0.772. The molecule has 0 radical (unpaired) electrons. The Balaban J connectivity index is 1.37. The van der Waals surface area contributed by atoms with Gasteiger partial charge in [-0.2, -0.15) is 0 Å². The third-order valence-electron chi connectivity index (χ3n) is 7.07. The number of amides is 1. The Morgan fingerprint density at radius 1 is 1.10 bits per heavy atom. The minimum absolute atomic E-state index is 0.0426. The van der Waals surface area contributed by atoms with Crippen molar-refractivity contribution >= 4 is 11.6 Å². The second-order valence-electron chi connectivity index (χ2n) is 8.95. The van der Waals surface area contributed by atoms with Gasteiger partial charge in [-0.1, -0.05) is 18.9 Å². The average Bonchev–Trinajstić information content (AvgIpc) is 3.44. The lowest BCUT2D eigenvalue weighted by Gasteiger charge is -2.38. The summed E-state index contributed by atoms with van der Waals surface area (Å²) >= 11 is 0. The standard InChI is InChI=1S/C23H33N5O2/c1-18-5-4-8-28-20(17-25-9-11-26(12-10-25)19-6-2-3-7-19)21(24-22(18)28)23(29)27-13-15-30-16-14-27/h4-5,8,19H,2-3,6-7,9-17H2,1H3. The van der Waals surface area contributed by atoms with Crippen LogP contribution in [0.4, 0.5) is 0 Å². The molecule has 7 nitrogen and oxygen atoms in total. The first kappa shape index (κ1) is 20.0. The van der Waals surface area contributed by atoms with Gasteiger partial charge in [0.15, 0.2) is 5.69 Å². The van der Waals surface area contributed by atoms with Crippen molar-refractivity contribution in [3.05, 3.63) is 35.3 Å². The summed E-state index contributed by atoms with van der Waals surface area (Å²) in [5, 5.41) is 0.